The van der Waals surface area contributed by atoms with Crippen LogP contribution in [0.15, 0.2) is 17.5 Å². The zero-order chi connectivity index (χ0) is 10.6. The summed E-state index contributed by atoms with van der Waals surface area (Å²) in [5.41, 5.74) is 0. The van der Waals surface area contributed by atoms with Crippen molar-refractivity contribution in [2.75, 3.05) is 7.05 Å². The third-order valence-corrected chi connectivity index (χ3v) is 2.94. The van der Waals surface area contributed by atoms with Crippen molar-refractivity contribution in [3.05, 3.63) is 22.4 Å². The average Bonchev–Trinajstić information content (AvgIpc) is 2.55. The maximum atomic E-state index is 12.3. The summed E-state index contributed by atoms with van der Waals surface area (Å²) in [5, 5.41) is 4.16. The fraction of sp³-hybridized carbons (Fsp3) is 0.556. The summed E-state index contributed by atoms with van der Waals surface area (Å²) in [5.74, 6) is 0. The molecule has 5 heteroatoms. The quantitative estimate of drug-likeness (QED) is 0.827. The molecule has 14 heavy (non-hydrogen) atoms. The van der Waals surface area contributed by atoms with E-state index in [1.807, 2.05) is 17.5 Å². The molecule has 0 radical (unpaired) electrons. The molecule has 0 spiro atoms. The van der Waals surface area contributed by atoms with E-state index in [0.717, 1.165) is 4.88 Å². The van der Waals surface area contributed by atoms with Crippen LogP contribution in [0.1, 0.15) is 11.3 Å². The Bertz CT molecular complexity index is 256. The molecule has 1 aromatic rings. The van der Waals surface area contributed by atoms with Gasteiger partial charge in [-0.3, -0.25) is 0 Å². The highest BCUT2D eigenvalue weighted by atomic mass is 32.1. The van der Waals surface area contributed by atoms with E-state index in [-0.39, 0.29) is 6.42 Å². The van der Waals surface area contributed by atoms with Crippen molar-refractivity contribution >= 4 is 11.3 Å². The van der Waals surface area contributed by atoms with Crippen molar-refractivity contribution in [1.82, 2.24) is 5.32 Å². The topological polar surface area (TPSA) is 12.0 Å². The molecule has 0 aliphatic heterocycles. The van der Waals surface area contributed by atoms with Crippen molar-refractivity contribution in [1.29, 1.82) is 0 Å². The molecule has 0 aliphatic carbocycles. The molecular formula is C9H12F3NS. The highest BCUT2D eigenvalue weighted by Gasteiger charge is 2.37. The van der Waals surface area contributed by atoms with Crippen LogP contribution in [0, 0.1) is 0 Å². The van der Waals surface area contributed by atoms with E-state index >= 15 is 0 Å². The van der Waals surface area contributed by atoms with Gasteiger partial charge in [-0.2, -0.15) is 13.2 Å². The van der Waals surface area contributed by atoms with Gasteiger partial charge in [-0.25, -0.2) is 0 Å². The first-order valence-electron chi connectivity index (χ1n) is 4.30. The summed E-state index contributed by atoms with van der Waals surface area (Å²) in [6, 6.07) is 2.31. The van der Waals surface area contributed by atoms with Crippen LogP contribution in [0.25, 0.3) is 0 Å². The molecule has 1 unspecified atom stereocenters. The molecule has 1 aromatic heterocycles. The van der Waals surface area contributed by atoms with Crippen LogP contribution >= 0.6 is 11.3 Å². The predicted octanol–water partition coefficient (Wildman–Crippen LogP) is 2.83. The van der Waals surface area contributed by atoms with E-state index in [2.05, 4.69) is 5.32 Å². The fourth-order valence-corrected chi connectivity index (χ4v) is 1.94. The Morgan fingerprint density at radius 1 is 1.50 bits per heavy atom. The Kier molecular flexibility index (Phi) is 3.95. The maximum absolute atomic E-state index is 12.3. The summed E-state index contributed by atoms with van der Waals surface area (Å²) in [4.78, 5) is 0.995. The van der Waals surface area contributed by atoms with E-state index in [0.29, 0.717) is 6.42 Å². The predicted molar refractivity (Wildman–Crippen MR) is 51.5 cm³/mol. The van der Waals surface area contributed by atoms with Crippen molar-refractivity contribution in [2.24, 2.45) is 0 Å². The van der Waals surface area contributed by atoms with Gasteiger partial charge in [0.1, 0.15) is 6.04 Å². The molecule has 1 N–H and O–H groups in total. The van der Waals surface area contributed by atoms with E-state index in [4.69, 9.17) is 0 Å². The first-order chi connectivity index (χ1) is 6.54. The second-order valence-corrected chi connectivity index (χ2v) is 4.03. The van der Waals surface area contributed by atoms with Gasteiger partial charge in [-0.1, -0.05) is 6.07 Å². The molecule has 1 nitrogen and oxygen atoms in total. The summed E-state index contributed by atoms with van der Waals surface area (Å²) in [6.45, 7) is 0. The van der Waals surface area contributed by atoms with Crippen LogP contribution in [0.4, 0.5) is 13.2 Å². The Labute approximate surface area is 84.9 Å². The highest BCUT2D eigenvalue weighted by molar-refractivity contribution is 7.09. The lowest BCUT2D eigenvalue weighted by Gasteiger charge is -2.18. The summed E-state index contributed by atoms with van der Waals surface area (Å²) in [7, 11) is 1.34. The summed E-state index contributed by atoms with van der Waals surface area (Å²) < 4.78 is 36.9. The van der Waals surface area contributed by atoms with Crippen LogP contribution in [-0.2, 0) is 6.42 Å². The van der Waals surface area contributed by atoms with Gasteiger partial charge >= 0.3 is 6.18 Å². The fourth-order valence-electron chi connectivity index (χ4n) is 1.21. The van der Waals surface area contributed by atoms with Crippen LogP contribution in [0.5, 0.6) is 0 Å². The van der Waals surface area contributed by atoms with Crippen LogP contribution in [0.3, 0.4) is 0 Å². The monoisotopic (exact) mass is 223 g/mol. The van der Waals surface area contributed by atoms with Crippen LogP contribution < -0.4 is 5.32 Å². The number of thiophene rings is 1. The van der Waals surface area contributed by atoms with Gasteiger partial charge in [0.05, 0.1) is 0 Å². The second-order valence-electron chi connectivity index (χ2n) is 3.00. The maximum Gasteiger partial charge on any atom is 0.403 e. The zero-order valence-electron chi connectivity index (χ0n) is 7.77. The third kappa shape index (κ3) is 3.31. The Morgan fingerprint density at radius 2 is 2.21 bits per heavy atom. The molecule has 0 aromatic carbocycles. The Hall–Kier alpha value is -0.550. The molecule has 1 atom stereocenters. The zero-order valence-corrected chi connectivity index (χ0v) is 8.58. The number of halogens is 3. The van der Waals surface area contributed by atoms with Gasteiger partial charge in [-0.15, -0.1) is 11.3 Å². The van der Waals surface area contributed by atoms with Crippen LogP contribution in [0.2, 0.25) is 0 Å². The molecule has 0 saturated heterocycles. The van der Waals surface area contributed by atoms with Crippen molar-refractivity contribution < 1.29 is 13.2 Å². The van der Waals surface area contributed by atoms with Gasteiger partial charge in [0.15, 0.2) is 0 Å². The van der Waals surface area contributed by atoms with Gasteiger partial charge in [0.25, 0.3) is 0 Å². The van der Waals surface area contributed by atoms with Crippen molar-refractivity contribution in [3.63, 3.8) is 0 Å². The van der Waals surface area contributed by atoms with Gasteiger partial charge in [0.2, 0.25) is 0 Å². The van der Waals surface area contributed by atoms with Crippen molar-refractivity contribution in [2.45, 2.75) is 25.1 Å². The molecule has 80 valence electrons. The lowest BCUT2D eigenvalue weighted by Crippen LogP contribution is -2.40. The summed E-state index contributed by atoms with van der Waals surface area (Å²) >= 11 is 1.49. The number of hydrogen-bond donors (Lipinski definition) is 1. The molecular weight excluding hydrogens is 211 g/mol. The molecule has 1 rings (SSSR count). The highest BCUT2D eigenvalue weighted by Crippen LogP contribution is 2.24. The van der Waals surface area contributed by atoms with Crippen molar-refractivity contribution in [3.8, 4) is 0 Å². The normalized spacial score (nSPS) is 14.3. The lowest BCUT2D eigenvalue weighted by molar-refractivity contribution is -0.155. The SMILES string of the molecule is CNC(CCc1cccs1)C(F)(F)F. The summed E-state index contributed by atoms with van der Waals surface area (Å²) in [6.07, 6.45) is -3.57. The molecule has 0 aliphatic rings. The number of hydrogen-bond acceptors (Lipinski definition) is 2. The van der Waals surface area contributed by atoms with E-state index in [1.165, 1.54) is 18.4 Å². The van der Waals surface area contributed by atoms with Gasteiger partial charge in [-0.05, 0) is 31.3 Å². The molecule has 0 fully saturated rings. The number of rotatable bonds is 4. The van der Waals surface area contributed by atoms with Gasteiger partial charge in [0, 0.05) is 4.88 Å². The molecule has 0 bridgehead atoms. The van der Waals surface area contributed by atoms with E-state index < -0.39 is 12.2 Å². The lowest BCUT2D eigenvalue weighted by atomic mass is 10.1. The number of aryl methyl sites for hydroxylation is 1. The van der Waals surface area contributed by atoms with E-state index in [9.17, 15) is 13.2 Å². The molecule has 1 heterocycles. The standard InChI is InChI=1S/C9H12F3NS/c1-13-8(9(10,11)12)5-4-7-3-2-6-14-7/h2-3,6,8,13H,4-5H2,1H3. The van der Waals surface area contributed by atoms with Gasteiger partial charge < -0.3 is 5.32 Å². The minimum absolute atomic E-state index is 0.0977. The third-order valence-electron chi connectivity index (χ3n) is 2.00. The van der Waals surface area contributed by atoms with E-state index in [1.54, 1.807) is 0 Å². The molecule has 0 saturated carbocycles. The largest absolute Gasteiger partial charge is 0.403 e. The minimum atomic E-state index is -4.15. The van der Waals surface area contributed by atoms with Crippen LogP contribution in [-0.4, -0.2) is 19.3 Å². The number of nitrogens with one attached hydrogen (secondary N) is 1. The number of alkyl halides is 3. The smallest absolute Gasteiger partial charge is 0.309 e. The Morgan fingerprint density at radius 3 is 2.64 bits per heavy atom. The Balaban J connectivity index is 2.43. The average molecular weight is 223 g/mol. The minimum Gasteiger partial charge on any atom is -0.309 e. The first-order valence-corrected chi connectivity index (χ1v) is 5.18. The first kappa shape index (κ1) is 11.5. The molecule has 0 amide bonds. The second kappa shape index (κ2) is 4.79.